The summed E-state index contributed by atoms with van der Waals surface area (Å²) in [7, 11) is 0. The maximum absolute atomic E-state index is 5.46. The summed E-state index contributed by atoms with van der Waals surface area (Å²) in [4.78, 5) is 2.42. The van der Waals surface area contributed by atoms with Crippen molar-refractivity contribution in [1.29, 1.82) is 0 Å². The molecule has 3 nitrogen and oxygen atoms in total. The Morgan fingerprint density at radius 3 is 2.47 bits per heavy atom. The van der Waals surface area contributed by atoms with Crippen LogP contribution < -0.4 is 5.32 Å². The van der Waals surface area contributed by atoms with Crippen molar-refractivity contribution in [1.82, 2.24) is 4.90 Å². The van der Waals surface area contributed by atoms with Gasteiger partial charge in [-0.15, -0.1) is 0 Å². The third-order valence-corrected chi connectivity index (χ3v) is 3.28. The summed E-state index contributed by atoms with van der Waals surface area (Å²) >= 11 is 0. The van der Waals surface area contributed by atoms with E-state index in [0.717, 1.165) is 32.8 Å². The van der Waals surface area contributed by atoms with Crippen molar-refractivity contribution >= 4 is 5.69 Å². The van der Waals surface area contributed by atoms with Crippen LogP contribution in [0, 0.1) is 0 Å². The molecular formula is C16H28N2O. The third kappa shape index (κ3) is 5.62. The number of hydrogen-bond acceptors (Lipinski definition) is 3. The molecule has 108 valence electrons. The summed E-state index contributed by atoms with van der Waals surface area (Å²) in [6.07, 6.45) is 0. The first kappa shape index (κ1) is 16.0. The Hall–Kier alpha value is -1.06. The lowest BCUT2D eigenvalue weighted by Crippen LogP contribution is -2.25. The molecule has 0 spiro atoms. The maximum atomic E-state index is 5.46. The quantitative estimate of drug-likeness (QED) is 0.740. The molecule has 0 amide bonds. The van der Waals surface area contributed by atoms with Crippen LogP contribution in [0.3, 0.4) is 0 Å². The first-order chi connectivity index (χ1) is 9.21. The molecule has 0 aliphatic rings. The summed E-state index contributed by atoms with van der Waals surface area (Å²) < 4.78 is 5.46. The van der Waals surface area contributed by atoms with Crippen LogP contribution in [-0.2, 0) is 11.3 Å². The third-order valence-electron chi connectivity index (χ3n) is 3.28. The van der Waals surface area contributed by atoms with Crippen LogP contribution in [0.1, 0.15) is 33.3 Å². The lowest BCUT2D eigenvalue weighted by molar-refractivity contribution is 0.141. The number of benzene rings is 1. The van der Waals surface area contributed by atoms with Crippen molar-refractivity contribution in [3.8, 4) is 0 Å². The molecule has 0 fully saturated rings. The SMILES string of the molecule is CCOCC(C)Nc1ccccc1CN(CC)CC. The summed E-state index contributed by atoms with van der Waals surface area (Å²) in [5.41, 5.74) is 2.58. The molecule has 0 saturated heterocycles. The second-order valence-electron chi connectivity index (χ2n) is 4.82. The zero-order valence-corrected chi connectivity index (χ0v) is 12.8. The molecule has 1 aromatic carbocycles. The fraction of sp³-hybridized carbons (Fsp3) is 0.625. The van der Waals surface area contributed by atoms with Crippen molar-refractivity contribution in [3.63, 3.8) is 0 Å². The molecule has 0 radical (unpaired) electrons. The van der Waals surface area contributed by atoms with E-state index in [1.54, 1.807) is 0 Å². The van der Waals surface area contributed by atoms with Crippen molar-refractivity contribution in [2.24, 2.45) is 0 Å². The minimum Gasteiger partial charge on any atom is -0.380 e. The van der Waals surface area contributed by atoms with Gasteiger partial charge in [0.2, 0.25) is 0 Å². The number of rotatable bonds is 9. The second kappa shape index (κ2) is 8.94. The monoisotopic (exact) mass is 264 g/mol. The second-order valence-corrected chi connectivity index (χ2v) is 4.82. The van der Waals surface area contributed by atoms with Gasteiger partial charge in [-0.25, -0.2) is 0 Å². The Labute approximate surface area is 118 Å². The summed E-state index contributed by atoms with van der Waals surface area (Å²) in [5.74, 6) is 0. The first-order valence-electron chi connectivity index (χ1n) is 7.35. The van der Waals surface area contributed by atoms with Gasteiger partial charge in [0, 0.05) is 24.9 Å². The van der Waals surface area contributed by atoms with Gasteiger partial charge in [0.1, 0.15) is 0 Å². The highest BCUT2D eigenvalue weighted by Crippen LogP contribution is 2.18. The van der Waals surface area contributed by atoms with Crippen LogP contribution in [0.15, 0.2) is 24.3 Å². The average molecular weight is 264 g/mol. The minimum atomic E-state index is 0.331. The molecule has 19 heavy (non-hydrogen) atoms. The standard InChI is InChI=1S/C16H28N2O/c1-5-18(6-2)12-15-10-8-9-11-16(15)17-14(4)13-19-7-3/h8-11,14,17H,5-7,12-13H2,1-4H3. The molecule has 0 aromatic heterocycles. The molecule has 1 unspecified atom stereocenters. The van der Waals surface area contributed by atoms with E-state index in [1.165, 1.54) is 11.3 Å². The molecule has 1 atom stereocenters. The maximum Gasteiger partial charge on any atom is 0.0664 e. The van der Waals surface area contributed by atoms with E-state index in [9.17, 15) is 0 Å². The Balaban J connectivity index is 2.66. The normalized spacial score (nSPS) is 12.7. The predicted octanol–water partition coefficient (Wildman–Crippen LogP) is 3.37. The number of ether oxygens (including phenoxy) is 1. The molecule has 0 heterocycles. The number of para-hydroxylation sites is 1. The van der Waals surface area contributed by atoms with E-state index in [2.05, 4.69) is 55.3 Å². The van der Waals surface area contributed by atoms with Gasteiger partial charge in [0.25, 0.3) is 0 Å². The van der Waals surface area contributed by atoms with Gasteiger partial charge in [-0.3, -0.25) is 4.90 Å². The molecule has 1 N–H and O–H groups in total. The number of nitrogens with one attached hydrogen (secondary N) is 1. The van der Waals surface area contributed by atoms with Gasteiger partial charge in [-0.1, -0.05) is 32.0 Å². The van der Waals surface area contributed by atoms with E-state index < -0.39 is 0 Å². The molecule has 3 heteroatoms. The number of nitrogens with zero attached hydrogens (tertiary/aromatic N) is 1. The minimum absolute atomic E-state index is 0.331. The van der Waals surface area contributed by atoms with Gasteiger partial charge in [0.15, 0.2) is 0 Å². The summed E-state index contributed by atoms with van der Waals surface area (Å²) in [5, 5.41) is 3.55. The van der Waals surface area contributed by atoms with Crippen molar-refractivity contribution < 1.29 is 4.74 Å². The summed E-state index contributed by atoms with van der Waals surface area (Å²) in [6.45, 7) is 13.3. The lowest BCUT2D eigenvalue weighted by Gasteiger charge is -2.22. The fourth-order valence-corrected chi connectivity index (χ4v) is 2.09. The highest BCUT2D eigenvalue weighted by molar-refractivity contribution is 5.51. The van der Waals surface area contributed by atoms with Crippen LogP contribution in [0.25, 0.3) is 0 Å². The zero-order valence-electron chi connectivity index (χ0n) is 12.8. The van der Waals surface area contributed by atoms with Gasteiger partial charge in [-0.2, -0.15) is 0 Å². The Bertz CT molecular complexity index is 350. The lowest BCUT2D eigenvalue weighted by atomic mass is 10.1. The van der Waals surface area contributed by atoms with Crippen LogP contribution >= 0.6 is 0 Å². The van der Waals surface area contributed by atoms with Gasteiger partial charge in [0.05, 0.1) is 6.61 Å². The number of hydrogen-bond donors (Lipinski definition) is 1. The van der Waals surface area contributed by atoms with E-state index in [4.69, 9.17) is 4.74 Å². The van der Waals surface area contributed by atoms with Crippen LogP contribution in [0.5, 0.6) is 0 Å². The molecule has 0 saturated carbocycles. The smallest absolute Gasteiger partial charge is 0.0664 e. The molecular weight excluding hydrogens is 236 g/mol. The number of anilines is 1. The predicted molar refractivity (Wildman–Crippen MR) is 82.6 cm³/mol. The molecule has 1 aromatic rings. The molecule has 1 rings (SSSR count). The Morgan fingerprint density at radius 2 is 1.84 bits per heavy atom. The molecule has 0 bridgehead atoms. The van der Waals surface area contributed by atoms with E-state index in [-0.39, 0.29) is 0 Å². The average Bonchev–Trinajstić information content (AvgIpc) is 2.44. The van der Waals surface area contributed by atoms with Crippen molar-refractivity contribution in [2.45, 2.75) is 40.3 Å². The zero-order chi connectivity index (χ0) is 14.1. The van der Waals surface area contributed by atoms with Crippen molar-refractivity contribution in [3.05, 3.63) is 29.8 Å². The van der Waals surface area contributed by atoms with E-state index in [1.807, 2.05) is 6.92 Å². The molecule has 0 aliphatic carbocycles. The van der Waals surface area contributed by atoms with Gasteiger partial charge >= 0.3 is 0 Å². The Kier molecular flexibility index (Phi) is 7.53. The van der Waals surface area contributed by atoms with E-state index >= 15 is 0 Å². The summed E-state index contributed by atoms with van der Waals surface area (Å²) in [6, 6.07) is 8.88. The van der Waals surface area contributed by atoms with Crippen LogP contribution in [-0.4, -0.2) is 37.2 Å². The largest absolute Gasteiger partial charge is 0.380 e. The van der Waals surface area contributed by atoms with Crippen molar-refractivity contribution in [2.75, 3.05) is 31.6 Å². The van der Waals surface area contributed by atoms with Crippen LogP contribution in [0.4, 0.5) is 5.69 Å². The Morgan fingerprint density at radius 1 is 1.16 bits per heavy atom. The fourth-order valence-electron chi connectivity index (χ4n) is 2.09. The van der Waals surface area contributed by atoms with E-state index in [0.29, 0.717) is 6.04 Å². The highest BCUT2D eigenvalue weighted by Gasteiger charge is 2.08. The topological polar surface area (TPSA) is 24.5 Å². The van der Waals surface area contributed by atoms with Gasteiger partial charge < -0.3 is 10.1 Å². The first-order valence-corrected chi connectivity index (χ1v) is 7.35. The molecule has 0 aliphatic heterocycles. The highest BCUT2D eigenvalue weighted by atomic mass is 16.5. The van der Waals surface area contributed by atoms with Gasteiger partial charge in [-0.05, 0) is 38.6 Å². The van der Waals surface area contributed by atoms with Crippen LogP contribution in [0.2, 0.25) is 0 Å².